The molecule has 1 aliphatic heterocycles. The van der Waals surface area contributed by atoms with Crippen molar-refractivity contribution in [3.05, 3.63) is 36.2 Å². The van der Waals surface area contributed by atoms with Crippen molar-refractivity contribution in [3.63, 3.8) is 0 Å². The first-order valence-corrected chi connectivity index (χ1v) is 8.00. The topological polar surface area (TPSA) is 77.4 Å². The summed E-state index contributed by atoms with van der Waals surface area (Å²) in [5.41, 5.74) is 0.968. The summed E-state index contributed by atoms with van der Waals surface area (Å²) >= 11 is 0. The summed E-state index contributed by atoms with van der Waals surface area (Å²) < 4.78 is 12.3. The van der Waals surface area contributed by atoms with Gasteiger partial charge in [0.05, 0.1) is 25.9 Å². The minimum Gasteiger partial charge on any atom is -0.497 e. The van der Waals surface area contributed by atoms with E-state index in [0.717, 1.165) is 25.9 Å². The van der Waals surface area contributed by atoms with Gasteiger partial charge in [0.15, 0.2) is 5.69 Å². The van der Waals surface area contributed by atoms with Crippen LogP contribution in [0.4, 0.5) is 5.69 Å². The maximum Gasteiger partial charge on any atom is 0.276 e. The third-order valence-electron chi connectivity index (χ3n) is 4.14. The van der Waals surface area contributed by atoms with E-state index in [-0.39, 0.29) is 5.91 Å². The Bertz CT molecular complexity index is 708. The number of benzene rings is 1. The number of piperidine rings is 1. The zero-order valence-electron chi connectivity index (χ0n) is 13.9. The minimum atomic E-state index is -0.263. The van der Waals surface area contributed by atoms with Gasteiger partial charge in [-0.25, -0.2) is 0 Å². The van der Waals surface area contributed by atoms with E-state index in [0.29, 0.717) is 28.9 Å². The van der Waals surface area contributed by atoms with Gasteiger partial charge in [0.1, 0.15) is 11.5 Å². The Hall–Kier alpha value is -2.54. The largest absolute Gasteiger partial charge is 0.497 e. The van der Waals surface area contributed by atoms with Crippen molar-refractivity contribution in [2.24, 2.45) is 0 Å². The molecule has 0 bridgehead atoms. The van der Waals surface area contributed by atoms with E-state index in [1.54, 1.807) is 38.5 Å². The van der Waals surface area contributed by atoms with Gasteiger partial charge in [-0.3, -0.25) is 9.48 Å². The summed E-state index contributed by atoms with van der Waals surface area (Å²) in [6.45, 7) is 1.93. The predicted molar refractivity (Wildman–Crippen MR) is 90.9 cm³/mol. The van der Waals surface area contributed by atoms with Crippen molar-refractivity contribution >= 4 is 11.6 Å². The van der Waals surface area contributed by atoms with Gasteiger partial charge in [-0.15, -0.1) is 0 Å². The molecule has 24 heavy (non-hydrogen) atoms. The Labute approximate surface area is 140 Å². The molecule has 1 fully saturated rings. The molecule has 2 N–H and O–H groups in total. The predicted octanol–water partition coefficient (Wildman–Crippen LogP) is 2.08. The summed E-state index contributed by atoms with van der Waals surface area (Å²) in [6, 6.07) is 7.28. The van der Waals surface area contributed by atoms with Crippen LogP contribution < -0.4 is 20.1 Å². The van der Waals surface area contributed by atoms with Crippen molar-refractivity contribution in [3.8, 4) is 11.5 Å². The van der Waals surface area contributed by atoms with E-state index in [1.807, 2.05) is 10.9 Å². The van der Waals surface area contributed by atoms with Crippen molar-refractivity contribution < 1.29 is 14.3 Å². The highest BCUT2D eigenvalue weighted by atomic mass is 16.5. The summed E-state index contributed by atoms with van der Waals surface area (Å²) in [5.74, 6) is 0.943. The molecule has 1 aromatic carbocycles. The van der Waals surface area contributed by atoms with E-state index in [2.05, 4.69) is 15.7 Å². The Morgan fingerprint density at radius 2 is 2.21 bits per heavy atom. The second-order valence-corrected chi connectivity index (χ2v) is 5.70. The molecular weight excluding hydrogens is 308 g/mol. The number of anilines is 1. The Balaban J connectivity index is 1.72. The van der Waals surface area contributed by atoms with E-state index >= 15 is 0 Å². The number of ether oxygens (including phenoxy) is 2. The zero-order chi connectivity index (χ0) is 16.9. The maximum atomic E-state index is 12.4. The lowest BCUT2D eigenvalue weighted by Crippen LogP contribution is -2.32. The average molecular weight is 330 g/mol. The summed E-state index contributed by atoms with van der Waals surface area (Å²) in [4.78, 5) is 12.4. The standard InChI is InChI=1S/C17H22N4O3/c1-23-13-5-6-14(16(10-13)24-2)19-17(22)15-7-9-21(20-15)12-4-3-8-18-11-12/h5-7,9-10,12,18H,3-4,8,11H2,1-2H3,(H,19,22). The molecular formula is C17H22N4O3. The van der Waals surface area contributed by atoms with Crippen LogP contribution in [0.2, 0.25) is 0 Å². The van der Waals surface area contributed by atoms with Crippen LogP contribution in [0.1, 0.15) is 29.4 Å². The van der Waals surface area contributed by atoms with Gasteiger partial charge >= 0.3 is 0 Å². The number of nitrogens with one attached hydrogen (secondary N) is 2. The maximum absolute atomic E-state index is 12.4. The molecule has 0 radical (unpaired) electrons. The first-order chi connectivity index (χ1) is 11.7. The fourth-order valence-electron chi connectivity index (χ4n) is 2.81. The van der Waals surface area contributed by atoms with Gasteiger partial charge in [-0.1, -0.05) is 0 Å². The zero-order valence-corrected chi connectivity index (χ0v) is 13.9. The molecule has 128 valence electrons. The van der Waals surface area contributed by atoms with Crippen LogP contribution >= 0.6 is 0 Å². The number of amides is 1. The lowest BCUT2D eigenvalue weighted by atomic mass is 10.1. The normalized spacial score (nSPS) is 17.3. The van der Waals surface area contributed by atoms with Crippen LogP contribution in [0.15, 0.2) is 30.5 Å². The smallest absolute Gasteiger partial charge is 0.276 e. The molecule has 1 aromatic heterocycles. The van der Waals surface area contributed by atoms with Crippen molar-refractivity contribution in [2.45, 2.75) is 18.9 Å². The lowest BCUT2D eigenvalue weighted by Gasteiger charge is -2.22. The highest BCUT2D eigenvalue weighted by Crippen LogP contribution is 2.29. The van der Waals surface area contributed by atoms with E-state index < -0.39 is 0 Å². The van der Waals surface area contributed by atoms with Crippen molar-refractivity contribution in [1.82, 2.24) is 15.1 Å². The van der Waals surface area contributed by atoms with Crippen LogP contribution in [-0.4, -0.2) is 43.0 Å². The number of hydrogen-bond donors (Lipinski definition) is 2. The van der Waals surface area contributed by atoms with Crippen LogP contribution in [0.25, 0.3) is 0 Å². The lowest BCUT2D eigenvalue weighted by molar-refractivity contribution is 0.102. The van der Waals surface area contributed by atoms with Crippen molar-refractivity contribution in [1.29, 1.82) is 0 Å². The average Bonchev–Trinajstić information content (AvgIpc) is 3.13. The second-order valence-electron chi connectivity index (χ2n) is 5.70. The summed E-state index contributed by atoms with van der Waals surface area (Å²) in [7, 11) is 3.13. The summed E-state index contributed by atoms with van der Waals surface area (Å²) in [5, 5.41) is 10.6. The number of aromatic nitrogens is 2. The molecule has 2 aromatic rings. The van der Waals surface area contributed by atoms with Crippen LogP contribution in [0.3, 0.4) is 0 Å². The Morgan fingerprint density at radius 1 is 1.33 bits per heavy atom. The third-order valence-corrected chi connectivity index (χ3v) is 4.14. The fraction of sp³-hybridized carbons (Fsp3) is 0.412. The number of nitrogens with zero attached hydrogens (tertiary/aromatic N) is 2. The first kappa shape index (κ1) is 16.3. The van der Waals surface area contributed by atoms with Crippen molar-refractivity contribution in [2.75, 3.05) is 32.6 Å². The fourth-order valence-corrected chi connectivity index (χ4v) is 2.81. The SMILES string of the molecule is COc1ccc(NC(=O)c2ccn(C3CCCNC3)n2)c(OC)c1. The van der Waals surface area contributed by atoms with Gasteiger partial charge in [-0.2, -0.15) is 5.10 Å². The summed E-state index contributed by atoms with van der Waals surface area (Å²) in [6.07, 6.45) is 4.05. The highest BCUT2D eigenvalue weighted by molar-refractivity contribution is 6.03. The monoisotopic (exact) mass is 330 g/mol. The van der Waals surface area contributed by atoms with Gasteiger partial charge in [-0.05, 0) is 37.6 Å². The van der Waals surface area contributed by atoms with Crippen LogP contribution in [0.5, 0.6) is 11.5 Å². The molecule has 1 saturated heterocycles. The molecule has 1 aliphatic rings. The van der Waals surface area contributed by atoms with Crippen LogP contribution in [-0.2, 0) is 0 Å². The second kappa shape index (κ2) is 7.35. The number of carbonyl (C=O) groups is 1. The van der Waals surface area contributed by atoms with Gasteiger partial charge in [0.2, 0.25) is 0 Å². The van der Waals surface area contributed by atoms with Crippen LogP contribution in [0, 0.1) is 0 Å². The molecule has 7 heteroatoms. The van der Waals surface area contributed by atoms with Gasteiger partial charge in [0.25, 0.3) is 5.91 Å². The molecule has 1 atom stereocenters. The number of carbonyl (C=O) groups excluding carboxylic acids is 1. The molecule has 2 heterocycles. The minimum absolute atomic E-state index is 0.263. The Morgan fingerprint density at radius 3 is 2.92 bits per heavy atom. The molecule has 1 amide bonds. The molecule has 0 saturated carbocycles. The molecule has 3 rings (SSSR count). The third kappa shape index (κ3) is 3.51. The van der Waals surface area contributed by atoms with Gasteiger partial charge < -0.3 is 20.1 Å². The highest BCUT2D eigenvalue weighted by Gasteiger charge is 2.18. The number of methoxy groups -OCH3 is 2. The molecule has 0 spiro atoms. The number of hydrogen-bond acceptors (Lipinski definition) is 5. The van der Waals surface area contributed by atoms with E-state index in [1.165, 1.54) is 0 Å². The first-order valence-electron chi connectivity index (χ1n) is 8.00. The Kier molecular flexibility index (Phi) is 5.00. The molecule has 0 aliphatic carbocycles. The number of rotatable bonds is 5. The molecule has 7 nitrogen and oxygen atoms in total. The van der Waals surface area contributed by atoms with E-state index in [4.69, 9.17) is 9.47 Å². The quantitative estimate of drug-likeness (QED) is 0.878. The van der Waals surface area contributed by atoms with E-state index in [9.17, 15) is 4.79 Å². The molecule has 1 unspecified atom stereocenters. The van der Waals surface area contributed by atoms with Gasteiger partial charge in [0, 0.05) is 18.8 Å².